The molecule has 0 bridgehead atoms. The van der Waals surface area contributed by atoms with Gasteiger partial charge in [-0.1, -0.05) is 79.6 Å². The van der Waals surface area contributed by atoms with Crippen molar-refractivity contribution in [3.05, 3.63) is 0 Å². The Morgan fingerprint density at radius 2 is 1.47 bits per heavy atom. The molecule has 0 N–H and O–H groups in total. The second-order valence-electron chi connectivity index (χ2n) is 5.15. The van der Waals surface area contributed by atoms with E-state index in [1.54, 1.807) is 0 Å². The minimum Gasteiger partial charge on any atom is -0.0654 e. The third kappa shape index (κ3) is 5.58. The Morgan fingerprint density at radius 3 is 1.87 bits per heavy atom. The first-order chi connectivity index (χ1) is 7.21. The zero-order valence-electron chi connectivity index (χ0n) is 11.7. The molecule has 0 amide bonds. The van der Waals surface area contributed by atoms with Gasteiger partial charge >= 0.3 is 0 Å². The van der Waals surface area contributed by atoms with Crippen molar-refractivity contribution >= 4 is 0 Å². The molecule has 0 aromatic rings. The van der Waals surface area contributed by atoms with E-state index in [2.05, 4.69) is 34.6 Å². The van der Waals surface area contributed by atoms with Crippen LogP contribution in [0.15, 0.2) is 0 Å². The third-order valence-corrected chi connectivity index (χ3v) is 4.00. The highest BCUT2D eigenvalue weighted by molar-refractivity contribution is 4.73. The standard InChI is InChI=1S/C15H32/c1-6-10-12-14(8-3)15(9-4)13(5)11-7-2/h13-15H,6-12H2,1-5H3. The summed E-state index contributed by atoms with van der Waals surface area (Å²) >= 11 is 0. The molecule has 0 heterocycles. The van der Waals surface area contributed by atoms with E-state index in [1.165, 1.54) is 44.9 Å². The van der Waals surface area contributed by atoms with E-state index in [9.17, 15) is 0 Å². The smallest absolute Gasteiger partial charge is 0.0363 e. The first kappa shape index (κ1) is 15.0. The Kier molecular flexibility index (Phi) is 9.24. The summed E-state index contributed by atoms with van der Waals surface area (Å²) in [4.78, 5) is 0. The highest BCUT2D eigenvalue weighted by atomic mass is 14.3. The van der Waals surface area contributed by atoms with Crippen molar-refractivity contribution in [3.8, 4) is 0 Å². The minimum absolute atomic E-state index is 0.932. The summed E-state index contributed by atoms with van der Waals surface area (Å²) in [5.41, 5.74) is 0. The van der Waals surface area contributed by atoms with E-state index >= 15 is 0 Å². The summed E-state index contributed by atoms with van der Waals surface area (Å²) < 4.78 is 0. The lowest BCUT2D eigenvalue weighted by atomic mass is 9.75. The first-order valence-corrected chi connectivity index (χ1v) is 7.21. The van der Waals surface area contributed by atoms with Crippen molar-refractivity contribution in [1.29, 1.82) is 0 Å². The van der Waals surface area contributed by atoms with Crippen molar-refractivity contribution in [2.24, 2.45) is 17.8 Å². The van der Waals surface area contributed by atoms with Gasteiger partial charge in [-0.25, -0.2) is 0 Å². The van der Waals surface area contributed by atoms with Gasteiger partial charge in [-0.05, 0) is 17.8 Å². The van der Waals surface area contributed by atoms with Crippen molar-refractivity contribution < 1.29 is 0 Å². The van der Waals surface area contributed by atoms with Gasteiger partial charge in [0.25, 0.3) is 0 Å². The van der Waals surface area contributed by atoms with Crippen molar-refractivity contribution in [1.82, 2.24) is 0 Å². The summed E-state index contributed by atoms with van der Waals surface area (Å²) in [7, 11) is 0. The van der Waals surface area contributed by atoms with Crippen molar-refractivity contribution in [3.63, 3.8) is 0 Å². The number of rotatable bonds is 9. The molecule has 0 aromatic carbocycles. The molecule has 0 fully saturated rings. The van der Waals surface area contributed by atoms with E-state index in [0.29, 0.717) is 0 Å². The molecule has 0 aliphatic rings. The Hall–Kier alpha value is 0. The Bertz CT molecular complexity index is 128. The molecule has 0 rings (SSSR count). The van der Waals surface area contributed by atoms with E-state index in [1.807, 2.05) is 0 Å². The monoisotopic (exact) mass is 212 g/mol. The van der Waals surface area contributed by atoms with Crippen LogP contribution in [-0.4, -0.2) is 0 Å². The molecule has 0 aliphatic heterocycles. The summed E-state index contributed by atoms with van der Waals surface area (Å²) in [6.07, 6.45) is 9.77. The lowest BCUT2D eigenvalue weighted by molar-refractivity contribution is 0.200. The van der Waals surface area contributed by atoms with E-state index in [-0.39, 0.29) is 0 Å². The highest BCUT2D eigenvalue weighted by Gasteiger charge is 2.22. The van der Waals surface area contributed by atoms with Gasteiger partial charge in [0, 0.05) is 0 Å². The normalized spacial score (nSPS) is 17.4. The maximum Gasteiger partial charge on any atom is -0.0363 e. The molecule has 0 saturated carbocycles. The van der Waals surface area contributed by atoms with E-state index < -0.39 is 0 Å². The van der Waals surface area contributed by atoms with Gasteiger partial charge in [-0.15, -0.1) is 0 Å². The predicted molar refractivity (Wildman–Crippen MR) is 71.2 cm³/mol. The molecule has 3 atom stereocenters. The largest absolute Gasteiger partial charge is 0.0654 e. The van der Waals surface area contributed by atoms with Crippen LogP contribution in [0.3, 0.4) is 0 Å². The van der Waals surface area contributed by atoms with Crippen LogP contribution in [-0.2, 0) is 0 Å². The maximum absolute atomic E-state index is 2.46. The van der Waals surface area contributed by atoms with Gasteiger partial charge in [0.05, 0.1) is 0 Å². The molecule has 3 unspecified atom stereocenters. The van der Waals surface area contributed by atoms with Gasteiger partial charge in [0.2, 0.25) is 0 Å². The molecular formula is C15H32. The number of hydrogen-bond donors (Lipinski definition) is 0. The minimum atomic E-state index is 0.932. The molecule has 0 aliphatic carbocycles. The third-order valence-electron chi connectivity index (χ3n) is 4.00. The van der Waals surface area contributed by atoms with E-state index in [4.69, 9.17) is 0 Å². The van der Waals surface area contributed by atoms with Crippen LogP contribution in [0, 0.1) is 17.8 Å². The number of unbranched alkanes of at least 4 members (excludes halogenated alkanes) is 1. The van der Waals surface area contributed by atoms with E-state index in [0.717, 1.165) is 17.8 Å². The van der Waals surface area contributed by atoms with Crippen LogP contribution >= 0.6 is 0 Å². The van der Waals surface area contributed by atoms with Crippen LogP contribution in [0.25, 0.3) is 0 Å². The first-order valence-electron chi connectivity index (χ1n) is 7.21. The summed E-state index contributed by atoms with van der Waals surface area (Å²) in [6, 6.07) is 0. The lowest BCUT2D eigenvalue weighted by Crippen LogP contribution is -2.21. The molecule has 0 aromatic heterocycles. The summed E-state index contributed by atoms with van der Waals surface area (Å²) in [5.74, 6) is 2.89. The van der Waals surface area contributed by atoms with Crippen LogP contribution in [0.4, 0.5) is 0 Å². The fourth-order valence-corrected chi connectivity index (χ4v) is 3.06. The van der Waals surface area contributed by atoms with Crippen molar-refractivity contribution in [2.75, 3.05) is 0 Å². The molecule has 92 valence electrons. The molecule has 0 spiro atoms. The van der Waals surface area contributed by atoms with Crippen LogP contribution in [0.1, 0.15) is 79.6 Å². The molecular weight excluding hydrogens is 180 g/mol. The molecule has 0 nitrogen and oxygen atoms in total. The molecule has 0 radical (unpaired) electrons. The number of hydrogen-bond acceptors (Lipinski definition) is 0. The van der Waals surface area contributed by atoms with Gasteiger partial charge in [0.1, 0.15) is 0 Å². The van der Waals surface area contributed by atoms with Crippen molar-refractivity contribution in [2.45, 2.75) is 79.6 Å². The predicted octanol–water partition coefficient (Wildman–Crippen LogP) is 5.67. The highest BCUT2D eigenvalue weighted by Crippen LogP contribution is 2.33. The maximum atomic E-state index is 2.46. The fraction of sp³-hybridized carbons (Fsp3) is 1.00. The SMILES string of the molecule is CCCCC(CC)C(CC)C(C)CCC. The van der Waals surface area contributed by atoms with Gasteiger partial charge < -0.3 is 0 Å². The van der Waals surface area contributed by atoms with Crippen LogP contribution in [0.5, 0.6) is 0 Å². The van der Waals surface area contributed by atoms with Gasteiger partial charge in [-0.2, -0.15) is 0 Å². The zero-order chi connectivity index (χ0) is 11.7. The van der Waals surface area contributed by atoms with Crippen LogP contribution < -0.4 is 0 Å². The van der Waals surface area contributed by atoms with Gasteiger partial charge in [0.15, 0.2) is 0 Å². The Balaban J connectivity index is 4.18. The Labute approximate surface area is 97.8 Å². The lowest BCUT2D eigenvalue weighted by Gasteiger charge is -2.30. The second kappa shape index (κ2) is 9.24. The second-order valence-corrected chi connectivity index (χ2v) is 5.15. The fourth-order valence-electron chi connectivity index (χ4n) is 3.06. The average molecular weight is 212 g/mol. The topological polar surface area (TPSA) is 0 Å². The molecule has 15 heavy (non-hydrogen) atoms. The Morgan fingerprint density at radius 1 is 0.800 bits per heavy atom. The quantitative estimate of drug-likeness (QED) is 0.462. The molecule has 0 heteroatoms. The summed E-state index contributed by atoms with van der Waals surface area (Å²) in [5, 5.41) is 0. The average Bonchev–Trinajstić information content (AvgIpc) is 2.24. The molecule has 0 saturated heterocycles. The van der Waals surface area contributed by atoms with Gasteiger partial charge in [-0.3, -0.25) is 0 Å². The van der Waals surface area contributed by atoms with Crippen LogP contribution in [0.2, 0.25) is 0 Å². The summed E-state index contributed by atoms with van der Waals surface area (Å²) in [6.45, 7) is 11.8. The zero-order valence-corrected chi connectivity index (χ0v) is 11.7.